The summed E-state index contributed by atoms with van der Waals surface area (Å²) >= 11 is 12.0. The number of hydrogen-bond acceptors (Lipinski definition) is 3. The van der Waals surface area contributed by atoms with Crippen LogP contribution in [0.25, 0.3) is 10.9 Å². The number of benzene rings is 2. The van der Waals surface area contributed by atoms with Gasteiger partial charge in [0.05, 0.1) is 22.1 Å². The molecule has 3 rings (SSSR count). The van der Waals surface area contributed by atoms with Gasteiger partial charge < -0.3 is 10.1 Å². The Bertz CT molecular complexity index is 855. The van der Waals surface area contributed by atoms with Gasteiger partial charge in [-0.05, 0) is 74.4 Å². The predicted octanol–water partition coefficient (Wildman–Crippen LogP) is 5.88. The Morgan fingerprint density at radius 3 is 2.65 bits per heavy atom. The summed E-state index contributed by atoms with van der Waals surface area (Å²) in [5.74, 6) is 1.65. The standard InChI is InChI=1S/C17H13BrClIN2O/c1-23-12-4-2-10(3-5-12)9-21-17-13(18)6-11-7-15(20)14(19)8-16(11)22-17/h2-8H,9H2,1H3,(H,21,22). The maximum atomic E-state index is 6.19. The molecule has 23 heavy (non-hydrogen) atoms. The number of anilines is 1. The molecular weight excluding hydrogens is 490 g/mol. The van der Waals surface area contributed by atoms with E-state index in [1.165, 1.54) is 0 Å². The summed E-state index contributed by atoms with van der Waals surface area (Å²) in [4.78, 5) is 4.66. The number of nitrogens with zero attached hydrogens (tertiary/aromatic N) is 1. The van der Waals surface area contributed by atoms with Gasteiger partial charge in [-0.3, -0.25) is 0 Å². The first-order valence-electron chi connectivity index (χ1n) is 6.89. The molecule has 3 nitrogen and oxygen atoms in total. The van der Waals surface area contributed by atoms with Crippen LogP contribution in [0.1, 0.15) is 5.56 Å². The van der Waals surface area contributed by atoms with Crippen molar-refractivity contribution < 1.29 is 4.74 Å². The first kappa shape index (κ1) is 16.8. The van der Waals surface area contributed by atoms with E-state index in [0.29, 0.717) is 11.6 Å². The van der Waals surface area contributed by atoms with Crippen LogP contribution in [0.3, 0.4) is 0 Å². The number of ether oxygens (including phenoxy) is 1. The maximum absolute atomic E-state index is 6.19. The largest absolute Gasteiger partial charge is 0.497 e. The number of nitrogens with one attached hydrogen (secondary N) is 1. The van der Waals surface area contributed by atoms with Crippen molar-refractivity contribution in [1.82, 2.24) is 4.98 Å². The molecule has 1 heterocycles. The summed E-state index contributed by atoms with van der Waals surface area (Å²) < 4.78 is 7.11. The van der Waals surface area contributed by atoms with Crippen molar-refractivity contribution in [3.63, 3.8) is 0 Å². The van der Waals surface area contributed by atoms with Gasteiger partial charge in [-0.25, -0.2) is 4.98 Å². The molecule has 0 aliphatic rings. The summed E-state index contributed by atoms with van der Waals surface area (Å²) in [7, 11) is 1.66. The predicted molar refractivity (Wildman–Crippen MR) is 107 cm³/mol. The molecule has 0 saturated heterocycles. The minimum atomic E-state index is 0.680. The number of aromatic nitrogens is 1. The Balaban J connectivity index is 1.84. The van der Waals surface area contributed by atoms with Gasteiger partial charge in [0.15, 0.2) is 0 Å². The highest BCUT2D eigenvalue weighted by Gasteiger charge is 2.07. The Morgan fingerprint density at radius 1 is 1.22 bits per heavy atom. The molecule has 0 spiro atoms. The smallest absolute Gasteiger partial charge is 0.141 e. The van der Waals surface area contributed by atoms with E-state index in [2.05, 4.69) is 54.9 Å². The summed E-state index contributed by atoms with van der Waals surface area (Å²) in [6.07, 6.45) is 0. The molecule has 2 aromatic carbocycles. The average Bonchev–Trinajstić information content (AvgIpc) is 2.55. The normalized spacial score (nSPS) is 10.8. The third kappa shape index (κ3) is 3.89. The zero-order chi connectivity index (χ0) is 16.4. The molecule has 6 heteroatoms. The highest BCUT2D eigenvalue weighted by molar-refractivity contribution is 14.1. The van der Waals surface area contributed by atoms with E-state index in [-0.39, 0.29) is 0 Å². The fraction of sp³-hybridized carbons (Fsp3) is 0.118. The Morgan fingerprint density at radius 2 is 1.96 bits per heavy atom. The Kier molecular flexibility index (Phi) is 5.28. The zero-order valence-electron chi connectivity index (χ0n) is 12.2. The second-order valence-corrected chi connectivity index (χ2v) is 7.40. The fourth-order valence-electron chi connectivity index (χ4n) is 2.20. The van der Waals surface area contributed by atoms with Gasteiger partial charge in [-0.1, -0.05) is 23.7 Å². The van der Waals surface area contributed by atoms with E-state index in [1.54, 1.807) is 7.11 Å². The van der Waals surface area contributed by atoms with E-state index in [4.69, 9.17) is 16.3 Å². The minimum absolute atomic E-state index is 0.680. The van der Waals surface area contributed by atoms with Crippen molar-refractivity contribution in [3.05, 3.63) is 61.1 Å². The van der Waals surface area contributed by atoms with Crippen molar-refractivity contribution in [1.29, 1.82) is 0 Å². The Labute approximate surface area is 161 Å². The number of fused-ring (bicyclic) bond motifs is 1. The topological polar surface area (TPSA) is 34.1 Å². The molecule has 1 N–H and O–H groups in total. The van der Waals surface area contributed by atoms with Crippen molar-refractivity contribution in [2.45, 2.75) is 6.54 Å². The average molecular weight is 504 g/mol. The fourth-order valence-corrected chi connectivity index (χ4v) is 3.32. The third-order valence-corrected chi connectivity index (χ3v) is 5.56. The van der Waals surface area contributed by atoms with Gasteiger partial charge in [0.25, 0.3) is 0 Å². The highest BCUT2D eigenvalue weighted by Crippen LogP contribution is 2.30. The van der Waals surface area contributed by atoms with Crippen molar-refractivity contribution in [3.8, 4) is 5.75 Å². The number of hydrogen-bond donors (Lipinski definition) is 1. The van der Waals surface area contributed by atoms with Gasteiger partial charge in [0, 0.05) is 15.5 Å². The molecule has 0 fully saturated rings. The lowest BCUT2D eigenvalue weighted by molar-refractivity contribution is 0.414. The molecule has 0 atom stereocenters. The molecule has 0 aliphatic carbocycles. The summed E-state index contributed by atoms with van der Waals surface area (Å²) in [5.41, 5.74) is 2.02. The van der Waals surface area contributed by atoms with E-state index in [1.807, 2.05) is 36.4 Å². The van der Waals surface area contributed by atoms with Crippen LogP contribution in [0, 0.1) is 3.57 Å². The first-order chi connectivity index (χ1) is 11.1. The van der Waals surface area contributed by atoms with Crippen molar-refractivity contribution in [2.75, 3.05) is 12.4 Å². The highest BCUT2D eigenvalue weighted by atomic mass is 127. The zero-order valence-corrected chi connectivity index (χ0v) is 16.7. The molecule has 0 bridgehead atoms. The second kappa shape index (κ2) is 7.23. The van der Waals surface area contributed by atoms with Crippen molar-refractivity contribution in [2.24, 2.45) is 0 Å². The lowest BCUT2D eigenvalue weighted by atomic mass is 10.2. The molecule has 0 aliphatic heterocycles. The van der Waals surface area contributed by atoms with Crippen LogP contribution in [0.2, 0.25) is 5.02 Å². The van der Waals surface area contributed by atoms with Crippen LogP contribution >= 0.6 is 50.1 Å². The molecule has 118 valence electrons. The minimum Gasteiger partial charge on any atom is -0.497 e. The maximum Gasteiger partial charge on any atom is 0.141 e. The van der Waals surface area contributed by atoms with Gasteiger partial charge in [-0.2, -0.15) is 0 Å². The molecule has 3 aromatic rings. The molecule has 0 radical (unpaired) electrons. The monoisotopic (exact) mass is 502 g/mol. The van der Waals surface area contributed by atoms with Gasteiger partial charge in [0.2, 0.25) is 0 Å². The van der Waals surface area contributed by atoms with E-state index in [9.17, 15) is 0 Å². The van der Waals surface area contributed by atoms with Crippen LogP contribution in [0.15, 0.2) is 46.9 Å². The molecular formula is C17H13BrClIN2O. The summed E-state index contributed by atoms with van der Waals surface area (Å²) in [5, 5.41) is 5.12. The third-order valence-electron chi connectivity index (χ3n) is 3.43. The first-order valence-corrected chi connectivity index (χ1v) is 9.14. The number of methoxy groups -OCH3 is 1. The SMILES string of the molecule is COc1ccc(CNc2nc3cc(Cl)c(I)cc3cc2Br)cc1. The lowest BCUT2D eigenvalue weighted by Gasteiger charge is -2.10. The molecule has 0 amide bonds. The van der Waals surface area contributed by atoms with Crippen LogP contribution in [0.4, 0.5) is 5.82 Å². The molecule has 0 unspecified atom stereocenters. The van der Waals surface area contributed by atoms with E-state index < -0.39 is 0 Å². The lowest BCUT2D eigenvalue weighted by Crippen LogP contribution is -2.02. The van der Waals surface area contributed by atoms with Crippen LogP contribution in [0.5, 0.6) is 5.75 Å². The van der Waals surface area contributed by atoms with Crippen molar-refractivity contribution >= 4 is 66.8 Å². The number of halogens is 3. The van der Waals surface area contributed by atoms with Gasteiger partial charge in [-0.15, -0.1) is 0 Å². The van der Waals surface area contributed by atoms with Crippen LogP contribution in [-0.2, 0) is 6.54 Å². The number of pyridine rings is 1. The summed E-state index contributed by atoms with van der Waals surface area (Å²) in [6, 6.07) is 13.9. The second-order valence-electron chi connectivity index (χ2n) is 4.98. The number of rotatable bonds is 4. The van der Waals surface area contributed by atoms with Crippen LogP contribution < -0.4 is 10.1 Å². The molecule has 1 aromatic heterocycles. The van der Waals surface area contributed by atoms with Crippen LogP contribution in [-0.4, -0.2) is 12.1 Å². The molecule has 0 saturated carbocycles. The van der Waals surface area contributed by atoms with E-state index >= 15 is 0 Å². The quantitative estimate of drug-likeness (QED) is 0.452. The van der Waals surface area contributed by atoms with Gasteiger partial charge in [0.1, 0.15) is 11.6 Å². The van der Waals surface area contributed by atoms with Gasteiger partial charge >= 0.3 is 0 Å². The summed E-state index contributed by atoms with van der Waals surface area (Å²) in [6.45, 7) is 0.680. The van der Waals surface area contributed by atoms with E-state index in [0.717, 1.165) is 36.1 Å². The Hall–Kier alpha value is -1.05.